The summed E-state index contributed by atoms with van der Waals surface area (Å²) in [5, 5.41) is 5.65. The van der Waals surface area contributed by atoms with Gasteiger partial charge >= 0.3 is 0 Å². The molecule has 0 aliphatic carbocycles. The van der Waals surface area contributed by atoms with Crippen molar-refractivity contribution in [2.45, 2.75) is 33.2 Å². The van der Waals surface area contributed by atoms with E-state index >= 15 is 0 Å². The standard InChI is InChI=1S/C27H26FN5O2/c1-18-15-30-23(16-29-18)17-31-27(35)14-12-25-11-13-26(20-3-5-21(28)6-4-20)33(25)24-9-7-22(8-10-24)32-19(2)34/h3-11,13,15-16H,12,14,17H2,1-2H3,(H,31,35)(H,32,34). The zero-order valence-electron chi connectivity index (χ0n) is 19.6. The Morgan fingerprint density at radius 2 is 1.69 bits per heavy atom. The largest absolute Gasteiger partial charge is 0.350 e. The fourth-order valence-electron chi connectivity index (χ4n) is 3.75. The number of anilines is 1. The maximum Gasteiger partial charge on any atom is 0.221 e. The summed E-state index contributed by atoms with van der Waals surface area (Å²) < 4.78 is 15.6. The minimum atomic E-state index is -0.304. The molecule has 0 atom stereocenters. The van der Waals surface area contributed by atoms with E-state index in [0.29, 0.717) is 24.3 Å². The van der Waals surface area contributed by atoms with E-state index in [1.807, 2.05) is 47.9 Å². The molecule has 2 aromatic carbocycles. The number of nitrogens with one attached hydrogen (secondary N) is 2. The number of hydrogen-bond donors (Lipinski definition) is 2. The molecule has 0 fully saturated rings. The van der Waals surface area contributed by atoms with Crippen molar-refractivity contribution in [2.75, 3.05) is 5.32 Å². The first-order valence-electron chi connectivity index (χ1n) is 11.3. The zero-order chi connectivity index (χ0) is 24.8. The van der Waals surface area contributed by atoms with Gasteiger partial charge in [-0.3, -0.25) is 19.6 Å². The number of hydrogen-bond acceptors (Lipinski definition) is 4. The van der Waals surface area contributed by atoms with E-state index in [-0.39, 0.29) is 24.1 Å². The second kappa shape index (κ2) is 10.7. The minimum Gasteiger partial charge on any atom is -0.350 e. The highest BCUT2D eigenvalue weighted by molar-refractivity contribution is 5.88. The van der Waals surface area contributed by atoms with Gasteiger partial charge in [0, 0.05) is 36.6 Å². The number of carbonyl (C=O) groups excluding carboxylic acids is 2. The lowest BCUT2D eigenvalue weighted by Gasteiger charge is -2.15. The van der Waals surface area contributed by atoms with Crippen LogP contribution in [-0.2, 0) is 22.6 Å². The van der Waals surface area contributed by atoms with Gasteiger partial charge in [0.05, 0.1) is 29.8 Å². The number of benzene rings is 2. The average Bonchev–Trinajstić information content (AvgIpc) is 3.27. The third-order valence-electron chi connectivity index (χ3n) is 5.46. The lowest BCUT2D eigenvalue weighted by atomic mass is 10.1. The molecule has 8 heteroatoms. The second-order valence-corrected chi connectivity index (χ2v) is 8.21. The Kier molecular flexibility index (Phi) is 7.30. The molecular formula is C27H26FN5O2. The van der Waals surface area contributed by atoms with Crippen molar-refractivity contribution in [3.05, 3.63) is 96.0 Å². The van der Waals surface area contributed by atoms with E-state index in [9.17, 15) is 14.0 Å². The number of halogens is 1. The minimum absolute atomic E-state index is 0.0931. The Morgan fingerprint density at radius 1 is 0.943 bits per heavy atom. The van der Waals surface area contributed by atoms with Crippen LogP contribution in [0, 0.1) is 12.7 Å². The van der Waals surface area contributed by atoms with Gasteiger partial charge in [-0.25, -0.2) is 4.39 Å². The molecule has 0 unspecified atom stereocenters. The van der Waals surface area contributed by atoms with Gasteiger partial charge in [-0.2, -0.15) is 0 Å². The Balaban J connectivity index is 1.54. The smallest absolute Gasteiger partial charge is 0.221 e. The Hall–Kier alpha value is -4.33. The van der Waals surface area contributed by atoms with Gasteiger partial charge in [-0.15, -0.1) is 0 Å². The van der Waals surface area contributed by atoms with Crippen molar-refractivity contribution >= 4 is 17.5 Å². The molecule has 0 radical (unpaired) electrons. The molecule has 0 spiro atoms. The molecule has 35 heavy (non-hydrogen) atoms. The van der Waals surface area contributed by atoms with Gasteiger partial charge in [-0.1, -0.05) is 0 Å². The predicted octanol–water partition coefficient (Wildman–Crippen LogP) is 4.59. The van der Waals surface area contributed by atoms with Crippen LogP contribution in [0.3, 0.4) is 0 Å². The summed E-state index contributed by atoms with van der Waals surface area (Å²) in [6.07, 6.45) is 4.11. The first-order chi connectivity index (χ1) is 16.9. The fourth-order valence-corrected chi connectivity index (χ4v) is 3.75. The fraction of sp³-hybridized carbons (Fsp3) is 0.185. The van der Waals surface area contributed by atoms with E-state index in [1.165, 1.54) is 19.1 Å². The van der Waals surface area contributed by atoms with Crippen LogP contribution in [0.25, 0.3) is 16.9 Å². The first kappa shape index (κ1) is 23.8. The van der Waals surface area contributed by atoms with Crippen LogP contribution in [0.1, 0.15) is 30.4 Å². The van der Waals surface area contributed by atoms with Crippen molar-refractivity contribution in [1.82, 2.24) is 19.9 Å². The van der Waals surface area contributed by atoms with Crippen molar-refractivity contribution in [3.63, 3.8) is 0 Å². The third kappa shape index (κ3) is 6.17. The molecule has 2 heterocycles. The van der Waals surface area contributed by atoms with Crippen molar-refractivity contribution in [1.29, 1.82) is 0 Å². The number of nitrogens with zero attached hydrogens (tertiary/aromatic N) is 3. The summed E-state index contributed by atoms with van der Waals surface area (Å²) in [6.45, 7) is 3.64. The topological polar surface area (TPSA) is 88.9 Å². The van der Waals surface area contributed by atoms with Crippen LogP contribution < -0.4 is 10.6 Å². The average molecular weight is 472 g/mol. The summed E-state index contributed by atoms with van der Waals surface area (Å²) in [5.74, 6) is -0.542. The Bertz CT molecular complexity index is 1310. The highest BCUT2D eigenvalue weighted by Crippen LogP contribution is 2.28. The maximum atomic E-state index is 13.5. The Morgan fingerprint density at radius 3 is 2.34 bits per heavy atom. The summed E-state index contributed by atoms with van der Waals surface area (Å²) >= 11 is 0. The maximum absolute atomic E-state index is 13.5. The molecule has 4 rings (SSSR count). The second-order valence-electron chi connectivity index (χ2n) is 8.21. The number of amides is 2. The number of aryl methyl sites for hydroxylation is 2. The molecule has 0 saturated heterocycles. The monoisotopic (exact) mass is 471 g/mol. The summed E-state index contributed by atoms with van der Waals surface area (Å²) in [7, 11) is 0. The van der Waals surface area contributed by atoms with Gasteiger partial charge in [0.15, 0.2) is 0 Å². The van der Waals surface area contributed by atoms with Crippen LogP contribution in [0.15, 0.2) is 73.1 Å². The summed E-state index contributed by atoms with van der Waals surface area (Å²) in [6, 6.07) is 17.7. The lowest BCUT2D eigenvalue weighted by molar-refractivity contribution is -0.121. The van der Waals surface area contributed by atoms with E-state index in [0.717, 1.165) is 28.3 Å². The van der Waals surface area contributed by atoms with Crippen LogP contribution in [0.2, 0.25) is 0 Å². The highest BCUT2D eigenvalue weighted by atomic mass is 19.1. The summed E-state index contributed by atoms with van der Waals surface area (Å²) in [5.41, 5.74) is 5.74. The van der Waals surface area contributed by atoms with Crippen LogP contribution in [0.5, 0.6) is 0 Å². The van der Waals surface area contributed by atoms with Gasteiger partial charge in [0.2, 0.25) is 11.8 Å². The molecule has 0 aliphatic heterocycles. The summed E-state index contributed by atoms with van der Waals surface area (Å²) in [4.78, 5) is 32.3. The van der Waals surface area contributed by atoms with Crippen LogP contribution in [0.4, 0.5) is 10.1 Å². The number of rotatable bonds is 8. The molecule has 0 saturated carbocycles. The van der Waals surface area contributed by atoms with Crippen LogP contribution in [-0.4, -0.2) is 26.3 Å². The van der Waals surface area contributed by atoms with E-state index in [2.05, 4.69) is 20.6 Å². The third-order valence-corrected chi connectivity index (χ3v) is 5.46. The zero-order valence-corrected chi connectivity index (χ0v) is 19.6. The van der Waals surface area contributed by atoms with Gasteiger partial charge in [0.1, 0.15) is 5.82 Å². The SMILES string of the molecule is CC(=O)Nc1ccc(-n2c(CCC(=O)NCc3cnc(C)cn3)ccc2-c2ccc(F)cc2)cc1. The molecule has 4 aromatic rings. The van der Waals surface area contributed by atoms with Gasteiger partial charge in [0.25, 0.3) is 0 Å². The Labute approximate surface area is 203 Å². The van der Waals surface area contributed by atoms with E-state index in [4.69, 9.17) is 0 Å². The molecule has 2 N–H and O–H groups in total. The highest BCUT2D eigenvalue weighted by Gasteiger charge is 2.14. The molecule has 0 aliphatic rings. The van der Waals surface area contributed by atoms with Crippen molar-refractivity contribution in [2.24, 2.45) is 0 Å². The molecule has 2 amide bonds. The van der Waals surface area contributed by atoms with Crippen molar-refractivity contribution in [3.8, 4) is 16.9 Å². The quantitative estimate of drug-likeness (QED) is 0.393. The van der Waals surface area contributed by atoms with Crippen LogP contribution >= 0.6 is 0 Å². The normalized spacial score (nSPS) is 10.7. The first-order valence-corrected chi connectivity index (χ1v) is 11.3. The van der Waals surface area contributed by atoms with Gasteiger partial charge < -0.3 is 15.2 Å². The van der Waals surface area contributed by atoms with Gasteiger partial charge in [-0.05, 0) is 79.6 Å². The lowest BCUT2D eigenvalue weighted by Crippen LogP contribution is -2.24. The van der Waals surface area contributed by atoms with E-state index < -0.39 is 0 Å². The van der Waals surface area contributed by atoms with E-state index in [1.54, 1.807) is 24.5 Å². The predicted molar refractivity (Wildman–Crippen MR) is 132 cm³/mol. The number of carbonyl (C=O) groups is 2. The molecule has 2 aromatic heterocycles. The molecule has 178 valence electrons. The van der Waals surface area contributed by atoms with Crippen molar-refractivity contribution < 1.29 is 14.0 Å². The number of aromatic nitrogens is 3. The molecular weight excluding hydrogens is 445 g/mol. The molecule has 0 bridgehead atoms. The molecule has 7 nitrogen and oxygen atoms in total.